The van der Waals surface area contributed by atoms with Crippen molar-refractivity contribution in [1.82, 2.24) is 9.97 Å². The van der Waals surface area contributed by atoms with Gasteiger partial charge in [-0.3, -0.25) is 0 Å². The summed E-state index contributed by atoms with van der Waals surface area (Å²) in [6, 6.07) is 0. The highest BCUT2D eigenvalue weighted by Gasteiger charge is 2.23. The van der Waals surface area contributed by atoms with Crippen LogP contribution in [0.5, 0.6) is 0 Å². The summed E-state index contributed by atoms with van der Waals surface area (Å²) in [4.78, 5) is 8.33. The summed E-state index contributed by atoms with van der Waals surface area (Å²) >= 11 is 1.74. The number of nitrogen functional groups attached to an aromatic ring is 1. The first-order valence-electron chi connectivity index (χ1n) is 5.03. The van der Waals surface area contributed by atoms with E-state index in [-0.39, 0.29) is 0 Å². The average molecular weight is 225 g/mol. The van der Waals surface area contributed by atoms with Crippen LogP contribution in [0.2, 0.25) is 0 Å². The van der Waals surface area contributed by atoms with E-state index < -0.39 is 0 Å². The molecular formula is C10H15N3OS. The Kier molecular flexibility index (Phi) is 3.11. The van der Waals surface area contributed by atoms with Gasteiger partial charge in [0.15, 0.2) is 0 Å². The third-order valence-electron chi connectivity index (χ3n) is 2.34. The predicted octanol–water partition coefficient (Wildman–Crippen LogP) is 1.67. The molecule has 0 amide bonds. The van der Waals surface area contributed by atoms with Crippen LogP contribution in [0.4, 0.5) is 5.82 Å². The zero-order valence-corrected chi connectivity index (χ0v) is 9.75. The highest BCUT2D eigenvalue weighted by molar-refractivity contribution is 8.00. The standard InChI is InChI=1S/C10H15N3OS/c1-6(2)8-9(11)12-5-13-10(8)15-7-3-14-4-7/h5-7H,3-4H2,1-2H3,(H2,11,12,13). The molecule has 1 aromatic heterocycles. The van der Waals surface area contributed by atoms with E-state index in [0.29, 0.717) is 17.0 Å². The van der Waals surface area contributed by atoms with Gasteiger partial charge in [-0.1, -0.05) is 25.6 Å². The Labute approximate surface area is 93.6 Å². The van der Waals surface area contributed by atoms with Gasteiger partial charge in [-0.2, -0.15) is 0 Å². The number of nitrogens with zero attached hydrogens (tertiary/aromatic N) is 2. The van der Waals surface area contributed by atoms with E-state index in [1.54, 1.807) is 11.8 Å². The average Bonchev–Trinajstić information content (AvgIpc) is 2.10. The van der Waals surface area contributed by atoms with Crippen molar-refractivity contribution in [2.75, 3.05) is 18.9 Å². The molecule has 0 saturated carbocycles. The molecule has 2 N–H and O–H groups in total. The third-order valence-corrected chi connectivity index (χ3v) is 3.50. The van der Waals surface area contributed by atoms with Gasteiger partial charge >= 0.3 is 0 Å². The number of anilines is 1. The number of thioether (sulfide) groups is 1. The highest BCUT2D eigenvalue weighted by Crippen LogP contribution is 2.34. The van der Waals surface area contributed by atoms with Crippen LogP contribution in [0.3, 0.4) is 0 Å². The first kappa shape index (κ1) is 10.7. The molecular weight excluding hydrogens is 210 g/mol. The van der Waals surface area contributed by atoms with Crippen molar-refractivity contribution < 1.29 is 4.74 Å². The molecule has 4 nitrogen and oxygen atoms in total. The summed E-state index contributed by atoms with van der Waals surface area (Å²) in [6.45, 7) is 5.84. The van der Waals surface area contributed by atoms with Gasteiger partial charge in [-0.25, -0.2) is 9.97 Å². The molecule has 1 saturated heterocycles. The molecule has 1 aliphatic heterocycles. The first-order chi connectivity index (χ1) is 7.18. The van der Waals surface area contributed by atoms with Crippen molar-refractivity contribution in [3.05, 3.63) is 11.9 Å². The van der Waals surface area contributed by atoms with Gasteiger partial charge in [0.2, 0.25) is 0 Å². The van der Waals surface area contributed by atoms with Gasteiger partial charge in [-0.15, -0.1) is 0 Å². The van der Waals surface area contributed by atoms with Crippen molar-refractivity contribution in [3.63, 3.8) is 0 Å². The topological polar surface area (TPSA) is 61.0 Å². The summed E-state index contributed by atoms with van der Waals surface area (Å²) in [5.41, 5.74) is 6.93. The first-order valence-corrected chi connectivity index (χ1v) is 5.91. The molecule has 5 heteroatoms. The van der Waals surface area contributed by atoms with E-state index in [9.17, 15) is 0 Å². The highest BCUT2D eigenvalue weighted by atomic mass is 32.2. The fourth-order valence-electron chi connectivity index (χ4n) is 1.47. The molecule has 0 spiro atoms. The molecule has 0 unspecified atom stereocenters. The maximum absolute atomic E-state index is 5.86. The normalized spacial score (nSPS) is 16.7. The molecule has 1 fully saturated rings. The van der Waals surface area contributed by atoms with Crippen LogP contribution in [0.25, 0.3) is 0 Å². The van der Waals surface area contributed by atoms with Crippen LogP contribution in [-0.2, 0) is 4.74 Å². The van der Waals surface area contributed by atoms with Crippen LogP contribution in [0.1, 0.15) is 25.3 Å². The second-order valence-electron chi connectivity index (χ2n) is 3.91. The van der Waals surface area contributed by atoms with Crippen molar-refractivity contribution >= 4 is 17.6 Å². The lowest BCUT2D eigenvalue weighted by atomic mass is 10.1. The Morgan fingerprint density at radius 3 is 2.73 bits per heavy atom. The van der Waals surface area contributed by atoms with Crippen LogP contribution in [0, 0.1) is 0 Å². The molecule has 82 valence electrons. The molecule has 0 aromatic carbocycles. The number of hydrogen-bond acceptors (Lipinski definition) is 5. The second-order valence-corrected chi connectivity index (χ2v) is 5.20. The predicted molar refractivity (Wildman–Crippen MR) is 61.0 cm³/mol. The molecule has 0 radical (unpaired) electrons. The van der Waals surface area contributed by atoms with Crippen LogP contribution >= 0.6 is 11.8 Å². The van der Waals surface area contributed by atoms with Gasteiger partial charge in [-0.05, 0) is 5.92 Å². The molecule has 1 aliphatic rings. The summed E-state index contributed by atoms with van der Waals surface area (Å²) in [5.74, 6) is 0.956. The third kappa shape index (κ3) is 2.23. The quantitative estimate of drug-likeness (QED) is 0.793. The molecule has 2 rings (SSSR count). The lowest BCUT2D eigenvalue weighted by Gasteiger charge is -2.26. The Bertz CT molecular complexity index is 353. The van der Waals surface area contributed by atoms with E-state index >= 15 is 0 Å². The largest absolute Gasteiger partial charge is 0.383 e. The second kappa shape index (κ2) is 4.37. The fourth-order valence-corrected chi connectivity index (χ4v) is 2.69. The summed E-state index contributed by atoms with van der Waals surface area (Å²) in [5, 5.41) is 1.53. The Morgan fingerprint density at radius 1 is 1.47 bits per heavy atom. The van der Waals surface area contributed by atoms with Gasteiger partial charge in [0.05, 0.1) is 18.5 Å². The van der Waals surface area contributed by atoms with E-state index in [0.717, 1.165) is 23.8 Å². The molecule has 0 atom stereocenters. The monoisotopic (exact) mass is 225 g/mol. The zero-order chi connectivity index (χ0) is 10.8. The summed E-state index contributed by atoms with van der Waals surface area (Å²) in [6.07, 6.45) is 1.53. The minimum Gasteiger partial charge on any atom is -0.383 e. The van der Waals surface area contributed by atoms with E-state index in [1.807, 2.05) is 0 Å². The van der Waals surface area contributed by atoms with Crippen LogP contribution in [0.15, 0.2) is 11.4 Å². The van der Waals surface area contributed by atoms with Gasteiger partial charge in [0.25, 0.3) is 0 Å². The SMILES string of the molecule is CC(C)c1c(N)ncnc1SC1COC1. The number of hydrogen-bond donors (Lipinski definition) is 1. The van der Waals surface area contributed by atoms with E-state index in [2.05, 4.69) is 23.8 Å². The van der Waals surface area contributed by atoms with Gasteiger partial charge < -0.3 is 10.5 Å². The minimum absolute atomic E-state index is 0.356. The lowest BCUT2D eigenvalue weighted by Crippen LogP contribution is -2.30. The number of nitrogens with two attached hydrogens (primary N) is 1. The fraction of sp³-hybridized carbons (Fsp3) is 0.600. The lowest BCUT2D eigenvalue weighted by molar-refractivity contribution is 0.0454. The zero-order valence-electron chi connectivity index (χ0n) is 8.93. The van der Waals surface area contributed by atoms with E-state index in [4.69, 9.17) is 10.5 Å². The molecule has 2 heterocycles. The Morgan fingerprint density at radius 2 is 2.20 bits per heavy atom. The van der Waals surface area contributed by atoms with Gasteiger partial charge in [0, 0.05) is 5.56 Å². The van der Waals surface area contributed by atoms with Crippen LogP contribution < -0.4 is 5.73 Å². The number of ether oxygens (including phenoxy) is 1. The molecule has 15 heavy (non-hydrogen) atoms. The molecule has 1 aromatic rings. The number of aromatic nitrogens is 2. The molecule has 0 aliphatic carbocycles. The Hall–Kier alpha value is -0.810. The summed E-state index contributed by atoms with van der Waals surface area (Å²) < 4.78 is 5.14. The molecule has 0 bridgehead atoms. The smallest absolute Gasteiger partial charge is 0.131 e. The number of rotatable bonds is 3. The Balaban J connectivity index is 2.23. The minimum atomic E-state index is 0.356. The maximum atomic E-state index is 5.86. The van der Waals surface area contributed by atoms with Gasteiger partial charge in [0.1, 0.15) is 17.2 Å². The van der Waals surface area contributed by atoms with Crippen molar-refractivity contribution in [1.29, 1.82) is 0 Å². The van der Waals surface area contributed by atoms with Crippen molar-refractivity contribution in [3.8, 4) is 0 Å². The van der Waals surface area contributed by atoms with E-state index in [1.165, 1.54) is 6.33 Å². The maximum Gasteiger partial charge on any atom is 0.131 e. The summed E-state index contributed by atoms with van der Waals surface area (Å²) in [7, 11) is 0. The van der Waals surface area contributed by atoms with Crippen LogP contribution in [-0.4, -0.2) is 28.4 Å². The van der Waals surface area contributed by atoms with Crippen molar-refractivity contribution in [2.45, 2.75) is 30.0 Å². The van der Waals surface area contributed by atoms with Crippen molar-refractivity contribution in [2.24, 2.45) is 0 Å².